The Hall–Kier alpha value is -3.54. The fourth-order valence-electron chi connectivity index (χ4n) is 4.81. The van der Waals surface area contributed by atoms with Crippen molar-refractivity contribution in [3.63, 3.8) is 0 Å². The lowest BCUT2D eigenvalue weighted by atomic mass is 9.87. The molecule has 1 aromatic heterocycles. The molecule has 180 valence electrons. The maximum Gasteiger partial charge on any atom is 0.287 e. The molecular weight excluding hydrogens is 440 g/mol. The summed E-state index contributed by atoms with van der Waals surface area (Å²) in [4.78, 5) is 27.5. The van der Waals surface area contributed by atoms with Crippen LogP contribution in [0, 0.1) is 12.8 Å². The number of nitrogens with zero attached hydrogens (tertiary/aromatic N) is 1. The number of amides is 2. The van der Waals surface area contributed by atoms with Crippen LogP contribution >= 0.6 is 0 Å². The fourth-order valence-corrected chi connectivity index (χ4v) is 4.81. The maximum atomic E-state index is 13.2. The van der Waals surface area contributed by atoms with Gasteiger partial charge in [0.25, 0.3) is 5.91 Å². The van der Waals surface area contributed by atoms with Crippen LogP contribution in [0.5, 0.6) is 5.75 Å². The molecule has 35 heavy (non-hydrogen) atoms. The van der Waals surface area contributed by atoms with Crippen LogP contribution in [-0.4, -0.2) is 29.3 Å². The van der Waals surface area contributed by atoms with E-state index in [9.17, 15) is 9.59 Å². The molecule has 0 spiro atoms. The minimum absolute atomic E-state index is 0.114. The molecule has 1 unspecified atom stereocenters. The zero-order valence-corrected chi connectivity index (χ0v) is 20.0. The molecule has 2 saturated carbocycles. The topological polar surface area (TPSA) is 71.8 Å². The Kier molecular flexibility index (Phi) is 5.59. The van der Waals surface area contributed by atoms with Gasteiger partial charge >= 0.3 is 0 Å². The van der Waals surface area contributed by atoms with E-state index in [0.29, 0.717) is 11.5 Å². The molecule has 2 aromatic carbocycles. The van der Waals surface area contributed by atoms with Gasteiger partial charge in [-0.1, -0.05) is 35.9 Å². The van der Waals surface area contributed by atoms with E-state index in [1.165, 1.54) is 11.1 Å². The van der Waals surface area contributed by atoms with Crippen LogP contribution in [0.25, 0.3) is 0 Å². The number of nitrogens with one attached hydrogen (secondary N) is 1. The number of rotatable bonds is 7. The Bertz CT molecular complexity index is 1250. The van der Waals surface area contributed by atoms with Gasteiger partial charge < -0.3 is 19.4 Å². The molecule has 2 fully saturated rings. The largest absolute Gasteiger partial charge is 0.486 e. The summed E-state index contributed by atoms with van der Waals surface area (Å²) in [6, 6.07) is 18.3. The van der Waals surface area contributed by atoms with Crippen LogP contribution in [-0.2, 0) is 17.8 Å². The highest BCUT2D eigenvalue weighted by molar-refractivity contribution is 5.91. The number of hydrogen-bond acceptors (Lipinski definition) is 4. The second kappa shape index (κ2) is 8.91. The van der Waals surface area contributed by atoms with E-state index in [4.69, 9.17) is 9.15 Å². The van der Waals surface area contributed by atoms with Crippen molar-refractivity contribution in [2.75, 3.05) is 6.54 Å². The van der Waals surface area contributed by atoms with E-state index >= 15 is 0 Å². The van der Waals surface area contributed by atoms with Crippen LogP contribution in [0.2, 0.25) is 0 Å². The van der Waals surface area contributed by atoms with Gasteiger partial charge in [0, 0.05) is 18.5 Å². The number of benzene rings is 2. The Labute approximate surface area is 205 Å². The van der Waals surface area contributed by atoms with E-state index in [1.54, 1.807) is 12.1 Å². The monoisotopic (exact) mass is 470 g/mol. The van der Waals surface area contributed by atoms with Crippen molar-refractivity contribution in [3.8, 4) is 5.75 Å². The van der Waals surface area contributed by atoms with Crippen LogP contribution in [0.15, 0.2) is 59.0 Å². The highest BCUT2D eigenvalue weighted by Gasteiger charge is 2.39. The highest BCUT2D eigenvalue weighted by atomic mass is 16.5. The third-order valence-electron chi connectivity index (χ3n) is 7.13. The SMILES string of the molecule is Cc1ccc(C2c3cc(OCc4ccc(C(=O)NC5CC5)o4)ccc3CCN2C(=O)C2CC2)cc1. The molecule has 0 bridgehead atoms. The Morgan fingerprint density at radius 3 is 2.57 bits per heavy atom. The quantitative estimate of drug-likeness (QED) is 0.531. The molecule has 3 aromatic rings. The second-order valence-electron chi connectivity index (χ2n) is 10.0. The van der Waals surface area contributed by atoms with Crippen molar-refractivity contribution < 1.29 is 18.7 Å². The van der Waals surface area contributed by atoms with E-state index in [0.717, 1.165) is 55.5 Å². The van der Waals surface area contributed by atoms with Crippen molar-refractivity contribution in [1.82, 2.24) is 10.2 Å². The lowest BCUT2D eigenvalue weighted by Gasteiger charge is -2.38. The summed E-state index contributed by atoms with van der Waals surface area (Å²) in [5, 5.41) is 2.94. The summed E-state index contributed by atoms with van der Waals surface area (Å²) < 4.78 is 11.8. The van der Waals surface area contributed by atoms with Crippen molar-refractivity contribution in [1.29, 1.82) is 0 Å². The number of ether oxygens (including phenoxy) is 1. The summed E-state index contributed by atoms with van der Waals surface area (Å²) in [6.07, 6.45) is 4.90. The molecule has 1 aliphatic heterocycles. The molecule has 6 nitrogen and oxygen atoms in total. The Morgan fingerprint density at radius 2 is 1.83 bits per heavy atom. The van der Waals surface area contributed by atoms with E-state index < -0.39 is 0 Å². The van der Waals surface area contributed by atoms with Crippen molar-refractivity contribution in [3.05, 3.63) is 88.4 Å². The molecule has 3 aliphatic rings. The number of aryl methyl sites for hydroxylation is 1. The highest BCUT2D eigenvalue weighted by Crippen LogP contribution is 2.41. The molecule has 1 N–H and O–H groups in total. The molecule has 2 heterocycles. The van der Waals surface area contributed by atoms with Crippen molar-refractivity contribution in [2.24, 2.45) is 5.92 Å². The third kappa shape index (κ3) is 4.70. The van der Waals surface area contributed by atoms with E-state index in [-0.39, 0.29) is 36.4 Å². The minimum atomic E-state index is -0.172. The van der Waals surface area contributed by atoms with Crippen LogP contribution < -0.4 is 10.1 Å². The van der Waals surface area contributed by atoms with Crippen LogP contribution in [0.3, 0.4) is 0 Å². The summed E-state index contributed by atoms with van der Waals surface area (Å²) in [7, 11) is 0. The first kappa shape index (κ1) is 22.0. The molecule has 2 aliphatic carbocycles. The van der Waals surface area contributed by atoms with Crippen LogP contribution in [0.1, 0.15) is 70.3 Å². The van der Waals surface area contributed by atoms with Gasteiger partial charge in [0.05, 0.1) is 6.04 Å². The lowest BCUT2D eigenvalue weighted by Crippen LogP contribution is -2.41. The molecule has 2 amide bonds. The van der Waals surface area contributed by atoms with Gasteiger partial charge in [0.15, 0.2) is 5.76 Å². The zero-order valence-electron chi connectivity index (χ0n) is 20.0. The number of furan rings is 1. The minimum Gasteiger partial charge on any atom is -0.486 e. The first-order valence-electron chi connectivity index (χ1n) is 12.6. The standard InChI is InChI=1S/C29H30N2O4/c1-18-2-4-20(5-3-18)27-25-16-23(11-8-19(25)14-15-31(27)29(33)21-6-7-21)34-17-24-12-13-26(35-24)28(32)30-22-9-10-22/h2-5,8,11-13,16,21-22,27H,6-7,9-10,14-15,17H2,1H3,(H,30,32). The van der Waals surface area contributed by atoms with Gasteiger partial charge in [-0.2, -0.15) is 0 Å². The van der Waals surface area contributed by atoms with Gasteiger partial charge in [-0.15, -0.1) is 0 Å². The van der Waals surface area contributed by atoms with Gasteiger partial charge in [-0.25, -0.2) is 0 Å². The third-order valence-corrected chi connectivity index (χ3v) is 7.13. The van der Waals surface area contributed by atoms with Gasteiger partial charge in [-0.3, -0.25) is 9.59 Å². The van der Waals surface area contributed by atoms with Crippen molar-refractivity contribution >= 4 is 11.8 Å². The first-order chi connectivity index (χ1) is 17.0. The number of carbonyl (C=O) groups is 2. The number of carbonyl (C=O) groups excluding carboxylic acids is 2. The smallest absolute Gasteiger partial charge is 0.287 e. The van der Waals surface area contributed by atoms with Gasteiger partial charge in [0.2, 0.25) is 5.91 Å². The van der Waals surface area contributed by atoms with Gasteiger partial charge in [-0.05, 0) is 80.0 Å². The average Bonchev–Trinajstić information content (AvgIpc) is 3.81. The summed E-state index contributed by atoms with van der Waals surface area (Å²) in [5.74, 6) is 1.91. The van der Waals surface area contributed by atoms with Crippen LogP contribution in [0.4, 0.5) is 0 Å². The van der Waals surface area contributed by atoms with E-state index in [1.807, 2.05) is 6.07 Å². The first-order valence-corrected chi connectivity index (χ1v) is 12.6. The summed E-state index contributed by atoms with van der Waals surface area (Å²) >= 11 is 0. The number of fused-ring (bicyclic) bond motifs is 1. The average molecular weight is 471 g/mol. The van der Waals surface area contributed by atoms with Gasteiger partial charge in [0.1, 0.15) is 18.1 Å². The lowest BCUT2D eigenvalue weighted by molar-refractivity contribution is -0.134. The Morgan fingerprint density at radius 1 is 1.03 bits per heavy atom. The van der Waals surface area contributed by atoms with E-state index in [2.05, 4.69) is 53.5 Å². The predicted molar refractivity (Wildman–Crippen MR) is 131 cm³/mol. The normalized spacial score (nSPS) is 19.2. The molecule has 0 radical (unpaired) electrons. The predicted octanol–water partition coefficient (Wildman–Crippen LogP) is 4.94. The maximum absolute atomic E-state index is 13.2. The number of hydrogen-bond donors (Lipinski definition) is 1. The summed E-state index contributed by atoms with van der Waals surface area (Å²) in [6.45, 7) is 3.04. The second-order valence-corrected chi connectivity index (χ2v) is 10.0. The molecule has 6 heteroatoms. The summed E-state index contributed by atoms with van der Waals surface area (Å²) in [5.41, 5.74) is 4.70. The fraction of sp³-hybridized carbons (Fsp3) is 0.379. The molecule has 1 atom stereocenters. The Balaban J connectivity index is 1.23. The molecule has 0 saturated heterocycles. The van der Waals surface area contributed by atoms with Crippen molar-refractivity contribution in [2.45, 2.75) is 57.7 Å². The molecule has 6 rings (SSSR count). The zero-order chi connectivity index (χ0) is 23.9. The molecular formula is C29H30N2O4.